The number of benzene rings is 1. The minimum atomic E-state index is -0.606. The second-order valence-corrected chi connectivity index (χ2v) is 7.73. The molecule has 0 atom stereocenters. The fourth-order valence-electron chi connectivity index (χ4n) is 3.25. The summed E-state index contributed by atoms with van der Waals surface area (Å²) in [5, 5.41) is 6.19. The van der Waals surface area contributed by atoms with Crippen LogP contribution in [0.15, 0.2) is 29.3 Å². The summed E-state index contributed by atoms with van der Waals surface area (Å²) >= 11 is 5.45. The summed E-state index contributed by atoms with van der Waals surface area (Å²) in [6, 6.07) is 6.27. The highest BCUT2D eigenvalue weighted by atomic mass is 32.1. The van der Waals surface area contributed by atoms with E-state index in [1.54, 1.807) is 0 Å². The Kier molecular flexibility index (Phi) is 8.44. The summed E-state index contributed by atoms with van der Waals surface area (Å²) < 4.78 is 15.0. The maximum Gasteiger partial charge on any atom is 0.337 e. The number of hydrogen-bond acceptors (Lipinski definition) is 8. The fourth-order valence-corrected chi connectivity index (χ4v) is 3.46. The van der Waals surface area contributed by atoms with Crippen LogP contribution in [0.1, 0.15) is 32.1 Å². The zero-order valence-electron chi connectivity index (χ0n) is 19.4. The number of aromatic nitrogens is 2. The van der Waals surface area contributed by atoms with Crippen LogP contribution in [0, 0.1) is 13.8 Å². The van der Waals surface area contributed by atoms with Crippen molar-refractivity contribution in [3.8, 4) is 0 Å². The second-order valence-electron chi connectivity index (χ2n) is 7.35. The molecule has 0 amide bonds. The Morgan fingerprint density at radius 1 is 0.971 bits per heavy atom. The maximum atomic E-state index is 12.1. The van der Waals surface area contributed by atoms with E-state index in [1.807, 2.05) is 24.8 Å². The van der Waals surface area contributed by atoms with Crippen molar-refractivity contribution in [1.82, 2.24) is 14.9 Å². The third kappa shape index (κ3) is 6.68. The quantitative estimate of drug-likeness (QED) is 0.286. The first-order chi connectivity index (χ1) is 16.3. The molecular formula is C22H26N6O5S. The van der Waals surface area contributed by atoms with Gasteiger partial charge in [0.25, 0.3) is 0 Å². The summed E-state index contributed by atoms with van der Waals surface area (Å²) in [5.41, 5.74) is 2.32. The van der Waals surface area contributed by atoms with E-state index in [9.17, 15) is 9.59 Å². The number of nitrogens with zero attached hydrogens (tertiary/aromatic N) is 4. The average molecular weight is 487 g/mol. The number of hydrogen-bond donors (Lipinski definition) is 2. The molecular weight excluding hydrogens is 460 g/mol. The largest absolute Gasteiger partial charge is 0.465 e. The van der Waals surface area contributed by atoms with Gasteiger partial charge in [0.1, 0.15) is 0 Å². The lowest BCUT2D eigenvalue weighted by atomic mass is 10.1. The monoisotopic (exact) mass is 486 g/mol. The summed E-state index contributed by atoms with van der Waals surface area (Å²) in [7, 11) is 2.51. The summed E-state index contributed by atoms with van der Waals surface area (Å²) in [6.45, 7) is 6.04. The SMILES string of the molecule is COC(=O)c1cc(NC(=S)/N=C(/Nc2nc(C)cc(C)n2)N2CCOCC2)cc(C(=O)OC)c1. The molecule has 1 fully saturated rings. The van der Waals surface area contributed by atoms with Crippen molar-refractivity contribution in [3.63, 3.8) is 0 Å². The molecule has 2 aromatic rings. The molecule has 0 radical (unpaired) electrons. The molecule has 2 N–H and O–H groups in total. The van der Waals surface area contributed by atoms with Gasteiger partial charge >= 0.3 is 11.9 Å². The van der Waals surface area contributed by atoms with Gasteiger partial charge in [-0.1, -0.05) is 0 Å². The van der Waals surface area contributed by atoms with E-state index < -0.39 is 11.9 Å². The Morgan fingerprint density at radius 3 is 2.06 bits per heavy atom. The predicted octanol–water partition coefficient (Wildman–Crippen LogP) is 2.16. The van der Waals surface area contributed by atoms with Crippen LogP contribution < -0.4 is 10.6 Å². The molecule has 0 spiro atoms. The molecule has 0 unspecified atom stereocenters. The highest BCUT2D eigenvalue weighted by Gasteiger charge is 2.18. The molecule has 1 aliphatic heterocycles. The third-order valence-electron chi connectivity index (χ3n) is 4.75. The molecule has 11 nitrogen and oxygen atoms in total. The van der Waals surface area contributed by atoms with E-state index in [0.717, 1.165) is 11.4 Å². The first kappa shape index (κ1) is 25.0. The number of methoxy groups -OCH3 is 2. The van der Waals surface area contributed by atoms with Crippen molar-refractivity contribution < 1.29 is 23.8 Å². The standard InChI is InChI=1S/C22H26N6O5S/c1-13-9-14(2)24-20(23-13)26-21(28-5-7-33-8-6-28)27-22(34)25-17-11-15(18(29)31-3)10-16(12-17)19(30)32-4/h9-12H,5-8H2,1-4H3,(H2,23,24,25,26,27,34). The van der Waals surface area contributed by atoms with Crippen molar-refractivity contribution in [3.05, 3.63) is 46.8 Å². The zero-order valence-corrected chi connectivity index (χ0v) is 20.2. The van der Waals surface area contributed by atoms with Crippen LogP contribution in [0.4, 0.5) is 11.6 Å². The third-order valence-corrected chi connectivity index (χ3v) is 4.94. The van der Waals surface area contributed by atoms with E-state index in [4.69, 9.17) is 26.4 Å². The summed E-state index contributed by atoms with van der Waals surface area (Å²) in [5.74, 6) is -0.369. The Hall–Kier alpha value is -3.64. The van der Waals surface area contributed by atoms with Crippen LogP contribution in [-0.2, 0) is 14.2 Å². The highest BCUT2D eigenvalue weighted by molar-refractivity contribution is 7.80. The number of thiocarbonyl (C=S) groups is 1. The van der Waals surface area contributed by atoms with E-state index in [1.165, 1.54) is 32.4 Å². The minimum absolute atomic E-state index is 0.0937. The normalized spacial score (nSPS) is 13.8. The van der Waals surface area contributed by atoms with E-state index in [-0.39, 0.29) is 16.2 Å². The number of esters is 2. The van der Waals surface area contributed by atoms with Crippen molar-refractivity contribution in [2.24, 2.45) is 4.99 Å². The smallest absolute Gasteiger partial charge is 0.337 e. The van der Waals surface area contributed by atoms with Gasteiger partial charge in [-0.2, -0.15) is 4.99 Å². The molecule has 180 valence electrons. The number of ether oxygens (including phenoxy) is 3. The number of carbonyl (C=O) groups is 2. The Morgan fingerprint density at radius 2 is 1.53 bits per heavy atom. The molecule has 1 aliphatic rings. The Bertz CT molecular complexity index is 1060. The van der Waals surface area contributed by atoms with E-state index in [2.05, 4.69) is 25.6 Å². The molecule has 34 heavy (non-hydrogen) atoms. The van der Waals surface area contributed by atoms with Crippen LogP contribution >= 0.6 is 12.2 Å². The van der Waals surface area contributed by atoms with Gasteiger partial charge < -0.3 is 24.4 Å². The molecule has 3 rings (SSSR count). The van der Waals surface area contributed by atoms with Crippen LogP contribution in [0.2, 0.25) is 0 Å². The molecule has 0 bridgehead atoms. The van der Waals surface area contributed by atoms with Crippen LogP contribution in [-0.4, -0.2) is 78.4 Å². The predicted molar refractivity (Wildman–Crippen MR) is 130 cm³/mol. The van der Waals surface area contributed by atoms with E-state index in [0.29, 0.717) is 43.9 Å². The zero-order chi connectivity index (χ0) is 24.7. The number of carbonyl (C=O) groups excluding carboxylic acids is 2. The maximum absolute atomic E-state index is 12.1. The van der Waals surface area contributed by atoms with Gasteiger partial charge in [-0.3, -0.25) is 5.32 Å². The Balaban J connectivity index is 1.89. The highest BCUT2D eigenvalue weighted by Crippen LogP contribution is 2.18. The van der Waals surface area contributed by atoms with Gasteiger partial charge in [-0.15, -0.1) is 0 Å². The first-order valence-corrected chi connectivity index (χ1v) is 10.8. The van der Waals surface area contributed by atoms with Crippen LogP contribution in [0.3, 0.4) is 0 Å². The number of nitrogens with one attached hydrogen (secondary N) is 2. The minimum Gasteiger partial charge on any atom is -0.465 e. The topological polar surface area (TPSA) is 127 Å². The van der Waals surface area contributed by atoms with Gasteiger partial charge in [-0.05, 0) is 50.3 Å². The molecule has 1 saturated heterocycles. The lowest BCUT2D eigenvalue weighted by Crippen LogP contribution is -2.45. The molecule has 2 heterocycles. The molecule has 0 saturated carbocycles. The summed E-state index contributed by atoms with van der Waals surface area (Å²) in [4.78, 5) is 39.4. The fraction of sp³-hybridized carbons (Fsp3) is 0.364. The van der Waals surface area contributed by atoms with Gasteiger partial charge in [0, 0.05) is 30.2 Å². The number of morpholine rings is 1. The van der Waals surface area contributed by atoms with Gasteiger partial charge in [-0.25, -0.2) is 19.6 Å². The molecule has 1 aromatic heterocycles. The Labute approximate surface area is 202 Å². The number of anilines is 2. The van der Waals surface area contributed by atoms with Crippen molar-refractivity contribution in [1.29, 1.82) is 0 Å². The van der Waals surface area contributed by atoms with Crippen LogP contribution in [0.25, 0.3) is 0 Å². The molecule has 1 aromatic carbocycles. The van der Waals surface area contributed by atoms with Crippen molar-refractivity contribution in [2.45, 2.75) is 13.8 Å². The van der Waals surface area contributed by atoms with Crippen LogP contribution in [0.5, 0.6) is 0 Å². The lowest BCUT2D eigenvalue weighted by molar-refractivity contribution is 0.0599. The average Bonchev–Trinajstić information content (AvgIpc) is 2.82. The van der Waals surface area contributed by atoms with Gasteiger partial charge in [0.05, 0.1) is 38.6 Å². The number of rotatable bonds is 4. The second kappa shape index (κ2) is 11.5. The number of aliphatic imine (C=N–C) groups is 1. The lowest BCUT2D eigenvalue weighted by Gasteiger charge is -2.29. The molecule has 12 heteroatoms. The van der Waals surface area contributed by atoms with Gasteiger partial charge in [0.15, 0.2) is 0 Å². The van der Waals surface area contributed by atoms with Crippen molar-refractivity contribution in [2.75, 3.05) is 51.2 Å². The first-order valence-electron chi connectivity index (χ1n) is 10.4. The van der Waals surface area contributed by atoms with E-state index >= 15 is 0 Å². The summed E-state index contributed by atoms with van der Waals surface area (Å²) in [6.07, 6.45) is 0. The molecule has 0 aliphatic carbocycles. The van der Waals surface area contributed by atoms with Gasteiger partial charge in [0.2, 0.25) is 17.0 Å². The number of guanidine groups is 1. The van der Waals surface area contributed by atoms with Crippen molar-refractivity contribution >= 4 is 46.9 Å². The number of aryl methyl sites for hydroxylation is 2.